The number of hydrogen-bond donors (Lipinski definition) is 0. The van der Waals surface area contributed by atoms with Crippen molar-refractivity contribution in [3.63, 3.8) is 0 Å². The van der Waals surface area contributed by atoms with Gasteiger partial charge in [-0.1, -0.05) is 51.8 Å². The predicted molar refractivity (Wildman–Crippen MR) is 80.2 cm³/mol. The summed E-state index contributed by atoms with van der Waals surface area (Å²) in [5, 5.41) is 0. The van der Waals surface area contributed by atoms with Crippen LogP contribution in [0.4, 0.5) is 0 Å². The van der Waals surface area contributed by atoms with Crippen LogP contribution >= 0.6 is 0 Å². The molecule has 0 heteroatoms. The van der Waals surface area contributed by atoms with E-state index in [1.165, 1.54) is 44.9 Å². The van der Waals surface area contributed by atoms with E-state index in [2.05, 4.69) is 39.0 Å². The standard InChI is InChI=1S/C18H28/c1-4-7-14(3)12-15(5-2)18-11-10-16-8-6-9-17(16)13-18/h10-11,13-15H,4-9,12H2,1-3H3. The minimum atomic E-state index is 0.775. The van der Waals surface area contributed by atoms with Gasteiger partial charge in [0.15, 0.2) is 0 Å². The molecule has 1 aromatic carbocycles. The third-order valence-electron chi connectivity index (χ3n) is 4.56. The van der Waals surface area contributed by atoms with Crippen LogP contribution in [0, 0.1) is 5.92 Å². The molecule has 0 aliphatic heterocycles. The lowest BCUT2D eigenvalue weighted by Gasteiger charge is -2.20. The van der Waals surface area contributed by atoms with Crippen molar-refractivity contribution in [2.75, 3.05) is 0 Å². The highest BCUT2D eigenvalue weighted by molar-refractivity contribution is 5.36. The van der Waals surface area contributed by atoms with E-state index in [-0.39, 0.29) is 0 Å². The topological polar surface area (TPSA) is 0 Å². The van der Waals surface area contributed by atoms with Crippen molar-refractivity contribution in [3.8, 4) is 0 Å². The van der Waals surface area contributed by atoms with Gasteiger partial charge in [0, 0.05) is 0 Å². The zero-order valence-electron chi connectivity index (χ0n) is 12.3. The molecule has 0 saturated heterocycles. The average Bonchev–Trinajstić information content (AvgIpc) is 2.83. The van der Waals surface area contributed by atoms with Gasteiger partial charge < -0.3 is 0 Å². The molecule has 0 aromatic heterocycles. The van der Waals surface area contributed by atoms with Crippen LogP contribution in [0.25, 0.3) is 0 Å². The zero-order valence-corrected chi connectivity index (χ0v) is 12.3. The van der Waals surface area contributed by atoms with Gasteiger partial charge in [-0.05, 0) is 60.6 Å². The van der Waals surface area contributed by atoms with Crippen LogP contribution in [0.15, 0.2) is 18.2 Å². The van der Waals surface area contributed by atoms with Crippen LogP contribution < -0.4 is 0 Å². The molecule has 1 aromatic rings. The first-order valence-electron chi connectivity index (χ1n) is 7.86. The first-order valence-corrected chi connectivity index (χ1v) is 7.86. The molecule has 1 aliphatic carbocycles. The Kier molecular flexibility index (Phi) is 4.86. The molecule has 2 atom stereocenters. The maximum absolute atomic E-state index is 2.51. The second-order valence-electron chi connectivity index (χ2n) is 6.12. The lowest BCUT2D eigenvalue weighted by atomic mass is 9.85. The molecular formula is C18H28. The molecule has 0 heterocycles. The Morgan fingerprint density at radius 1 is 1.11 bits per heavy atom. The highest BCUT2D eigenvalue weighted by Crippen LogP contribution is 2.32. The summed E-state index contributed by atoms with van der Waals surface area (Å²) in [6, 6.07) is 7.30. The Morgan fingerprint density at radius 2 is 1.89 bits per heavy atom. The first kappa shape index (κ1) is 13.6. The Balaban J connectivity index is 2.07. The molecule has 100 valence electrons. The van der Waals surface area contributed by atoms with E-state index in [4.69, 9.17) is 0 Å². The van der Waals surface area contributed by atoms with Gasteiger partial charge in [0.1, 0.15) is 0 Å². The summed E-state index contributed by atoms with van der Waals surface area (Å²) < 4.78 is 0. The van der Waals surface area contributed by atoms with Crippen molar-refractivity contribution < 1.29 is 0 Å². The van der Waals surface area contributed by atoms with E-state index in [1.54, 1.807) is 16.7 Å². The molecule has 0 amide bonds. The summed E-state index contributed by atoms with van der Waals surface area (Å²) in [5.41, 5.74) is 4.84. The smallest absolute Gasteiger partial charge is 0.0162 e. The molecule has 1 aliphatic rings. The molecule has 0 saturated carbocycles. The second-order valence-corrected chi connectivity index (χ2v) is 6.12. The molecule has 0 nitrogen and oxygen atoms in total. The maximum atomic E-state index is 2.51. The predicted octanol–water partition coefficient (Wildman–Crippen LogP) is 5.50. The van der Waals surface area contributed by atoms with Crippen molar-refractivity contribution in [3.05, 3.63) is 34.9 Å². The monoisotopic (exact) mass is 244 g/mol. The summed E-state index contributed by atoms with van der Waals surface area (Å²) in [7, 11) is 0. The van der Waals surface area contributed by atoms with Crippen LogP contribution in [0.3, 0.4) is 0 Å². The summed E-state index contributed by atoms with van der Waals surface area (Å²) >= 11 is 0. The SMILES string of the molecule is CCCC(C)CC(CC)c1ccc2c(c1)CCC2. The van der Waals surface area contributed by atoms with Crippen LogP contribution in [0.1, 0.15) is 75.5 Å². The fraction of sp³-hybridized carbons (Fsp3) is 0.667. The van der Waals surface area contributed by atoms with Gasteiger partial charge in [-0.3, -0.25) is 0 Å². The van der Waals surface area contributed by atoms with Gasteiger partial charge >= 0.3 is 0 Å². The van der Waals surface area contributed by atoms with Crippen molar-refractivity contribution >= 4 is 0 Å². The van der Waals surface area contributed by atoms with Crippen molar-refractivity contribution in [2.24, 2.45) is 5.92 Å². The summed E-state index contributed by atoms with van der Waals surface area (Å²) in [4.78, 5) is 0. The molecule has 0 radical (unpaired) electrons. The van der Waals surface area contributed by atoms with Crippen molar-refractivity contribution in [1.82, 2.24) is 0 Å². The van der Waals surface area contributed by atoms with E-state index in [9.17, 15) is 0 Å². The molecular weight excluding hydrogens is 216 g/mol. The third kappa shape index (κ3) is 3.16. The number of hydrogen-bond acceptors (Lipinski definition) is 0. The van der Waals surface area contributed by atoms with E-state index in [0.717, 1.165) is 11.8 Å². The molecule has 18 heavy (non-hydrogen) atoms. The van der Waals surface area contributed by atoms with Gasteiger partial charge in [-0.2, -0.15) is 0 Å². The van der Waals surface area contributed by atoms with Crippen LogP contribution in [-0.4, -0.2) is 0 Å². The molecule has 0 fully saturated rings. The van der Waals surface area contributed by atoms with Crippen LogP contribution in [0.2, 0.25) is 0 Å². The minimum Gasteiger partial charge on any atom is -0.0654 e. The molecule has 2 unspecified atom stereocenters. The first-order chi connectivity index (χ1) is 8.74. The Bertz CT molecular complexity index is 378. The van der Waals surface area contributed by atoms with Gasteiger partial charge in [-0.25, -0.2) is 0 Å². The Labute approximate surface area is 113 Å². The summed E-state index contributed by atoms with van der Waals surface area (Å²) in [6.07, 6.45) is 9.32. The minimum absolute atomic E-state index is 0.775. The van der Waals surface area contributed by atoms with E-state index in [1.807, 2.05) is 0 Å². The number of rotatable bonds is 6. The van der Waals surface area contributed by atoms with Gasteiger partial charge in [0.05, 0.1) is 0 Å². The zero-order chi connectivity index (χ0) is 13.0. The molecule has 2 rings (SSSR count). The van der Waals surface area contributed by atoms with Gasteiger partial charge in [0.2, 0.25) is 0 Å². The summed E-state index contributed by atoms with van der Waals surface area (Å²) in [5.74, 6) is 1.64. The third-order valence-corrected chi connectivity index (χ3v) is 4.56. The van der Waals surface area contributed by atoms with Gasteiger partial charge in [-0.15, -0.1) is 0 Å². The van der Waals surface area contributed by atoms with Crippen molar-refractivity contribution in [1.29, 1.82) is 0 Å². The maximum Gasteiger partial charge on any atom is -0.0162 e. The fourth-order valence-corrected chi connectivity index (χ4v) is 3.48. The molecule has 0 N–H and O–H groups in total. The normalized spacial score (nSPS) is 17.5. The highest BCUT2D eigenvalue weighted by atomic mass is 14.2. The number of fused-ring (bicyclic) bond motifs is 1. The second kappa shape index (κ2) is 6.41. The lowest BCUT2D eigenvalue weighted by Crippen LogP contribution is -2.05. The van der Waals surface area contributed by atoms with Crippen LogP contribution in [0.5, 0.6) is 0 Å². The van der Waals surface area contributed by atoms with Crippen LogP contribution in [-0.2, 0) is 12.8 Å². The van der Waals surface area contributed by atoms with E-state index >= 15 is 0 Å². The quantitative estimate of drug-likeness (QED) is 0.620. The number of benzene rings is 1. The molecule has 0 spiro atoms. The molecule has 0 bridgehead atoms. The largest absolute Gasteiger partial charge is 0.0654 e. The Morgan fingerprint density at radius 3 is 2.61 bits per heavy atom. The highest BCUT2D eigenvalue weighted by Gasteiger charge is 2.16. The lowest BCUT2D eigenvalue weighted by molar-refractivity contribution is 0.428. The van der Waals surface area contributed by atoms with Crippen molar-refractivity contribution in [2.45, 2.75) is 71.6 Å². The fourth-order valence-electron chi connectivity index (χ4n) is 3.48. The van der Waals surface area contributed by atoms with Gasteiger partial charge in [0.25, 0.3) is 0 Å². The average molecular weight is 244 g/mol. The number of aryl methyl sites for hydroxylation is 2. The van der Waals surface area contributed by atoms with E-state index in [0.29, 0.717) is 0 Å². The van der Waals surface area contributed by atoms with E-state index < -0.39 is 0 Å². The Hall–Kier alpha value is -0.780. The summed E-state index contributed by atoms with van der Waals surface area (Å²) in [6.45, 7) is 7.06.